The Morgan fingerprint density at radius 3 is 2.77 bits per heavy atom. The highest BCUT2D eigenvalue weighted by molar-refractivity contribution is 6.06. The van der Waals surface area contributed by atoms with Gasteiger partial charge in [-0.05, 0) is 52.1 Å². The Labute approximate surface area is 131 Å². The quantitative estimate of drug-likeness (QED) is 0.586. The van der Waals surface area contributed by atoms with Crippen LogP contribution in [0.4, 0.5) is 4.79 Å². The maximum absolute atomic E-state index is 12.0. The zero-order chi connectivity index (χ0) is 16.2. The molecule has 0 aromatic carbocycles. The maximum atomic E-state index is 12.0. The summed E-state index contributed by atoms with van der Waals surface area (Å²) in [6.07, 6.45) is 3.00. The number of hydrogen-bond donors (Lipinski definition) is 3. The van der Waals surface area contributed by atoms with Gasteiger partial charge >= 0.3 is 6.03 Å². The van der Waals surface area contributed by atoms with Crippen molar-refractivity contribution in [3.63, 3.8) is 0 Å². The summed E-state index contributed by atoms with van der Waals surface area (Å²) in [4.78, 5) is 36.6. The zero-order valence-electron chi connectivity index (χ0n) is 13.4. The lowest BCUT2D eigenvalue weighted by atomic mass is 10.1. The molecule has 1 atom stereocenters. The number of urea groups is 1. The summed E-state index contributed by atoms with van der Waals surface area (Å²) in [5.41, 5.74) is -0.839. The number of nitrogens with zero attached hydrogens (tertiary/aromatic N) is 1. The molecule has 0 saturated carbocycles. The van der Waals surface area contributed by atoms with Crippen molar-refractivity contribution in [2.75, 3.05) is 26.2 Å². The summed E-state index contributed by atoms with van der Waals surface area (Å²) in [5.74, 6) is 0.414. The van der Waals surface area contributed by atoms with Gasteiger partial charge in [-0.15, -0.1) is 0 Å². The molecule has 0 aliphatic carbocycles. The van der Waals surface area contributed by atoms with Gasteiger partial charge in [-0.3, -0.25) is 14.5 Å². The molecule has 3 N–H and O–H groups in total. The SMILES string of the molecule is CC1(C)NC(=O)N(CCCC(=O)NCCC2CCNC2)C1=O. The fraction of sp³-hybridized carbons (Fsp3) is 0.800. The van der Waals surface area contributed by atoms with E-state index in [-0.39, 0.29) is 24.4 Å². The third-order valence-electron chi connectivity index (χ3n) is 4.27. The third kappa shape index (κ3) is 4.19. The van der Waals surface area contributed by atoms with Crippen LogP contribution >= 0.6 is 0 Å². The highest BCUT2D eigenvalue weighted by atomic mass is 16.2. The van der Waals surface area contributed by atoms with Crippen LogP contribution in [0.25, 0.3) is 0 Å². The molecule has 22 heavy (non-hydrogen) atoms. The first-order valence-electron chi connectivity index (χ1n) is 8.01. The summed E-state index contributed by atoms with van der Waals surface area (Å²) in [5, 5.41) is 8.83. The smallest absolute Gasteiger partial charge is 0.325 e. The first-order chi connectivity index (χ1) is 10.4. The fourth-order valence-corrected chi connectivity index (χ4v) is 2.88. The van der Waals surface area contributed by atoms with Gasteiger partial charge in [0.25, 0.3) is 5.91 Å². The Bertz CT molecular complexity index is 444. The third-order valence-corrected chi connectivity index (χ3v) is 4.27. The Kier molecular flexibility index (Phi) is 5.39. The predicted molar refractivity (Wildman–Crippen MR) is 82.2 cm³/mol. The minimum atomic E-state index is -0.839. The van der Waals surface area contributed by atoms with Crippen molar-refractivity contribution in [3.8, 4) is 0 Å². The van der Waals surface area contributed by atoms with Crippen molar-refractivity contribution >= 4 is 17.8 Å². The Morgan fingerprint density at radius 1 is 1.41 bits per heavy atom. The van der Waals surface area contributed by atoms with Crippen molar-refractivity contribution in [2.24, 2.45) is 5.92 Å². The highest BCUT2D eigenvalue weighted by Crippen LogP contribution is 2.17. The molecule has 1 unspecified atom stereocenters. The molecule has 0 radical (unpaired) electrons. The van der Waals surface area contributed by atoms with E-state index >= 15 is 0 Å². The number of carbonyl (C=O) groups excluding carboxylic acids is 3. The molecule has 7 heteroatoms. The van der Waals surface area contributed by atoms with Gasteiger partial charge in [0.15, 0.2) is 0 Å². The minimum absolute atomic E-state index is 0.0164. The van der Waals surface area contributed by atoms with E-state index in [9.17, 15) is 14.4 Å². The molecule has 0 spiro atoms. The predicted octanol–water partition coefficient (Wildman–Crippen LogP) is 0.213. The molecular weight excluding hydrogens is 284 g/mol. The van der Waals surface area contributed by atoms with Crippen LogP contribution in [-0.2, 0) is 9.59 Å². The molecule has 2 aliphatic heterocycles. The van der Waals surface area contributed by atoms with Gasteiger partial charge in [0, 0.05) is 19.5 Å². The van der Waals surface area contributed by atoms with Crippen LogP contribution in [0.15, 0.2) is 0 Å². The van der Waals surface area contributed by atoms with Crippen LogP contribution < -0.4 is 16.0 Å². The van der Waals surface area contributed by atoms with Crippen LogP contribution in [0.1, 0.15) is 39.5 Å². The summed E-state index contributed by atoms with van der Waals surface area (Å²) in [6, 6.07) is -0.371. The lowest BCUT2D eigenvalue weighted by Gasteiger charge is -2.15. The van der Waals surface area contributed by atoms with Crippen molar-refractivity contribution in [1.82, 2.24) is 20.9 Å². The van der Waals surface area contributed by atoms with Crippen LogP contribution in [0.5, 0.6) is 0 Å². The van der Waals surface area contributed by atoms with Crippen molar-refractivity contribution in [1.29, 1.82) is 0 Å². The standard InChI is InChI=1S/C15H26N4O3/c1-15(2)13(21)19(14(22)18-15)9-3-4-12(20)17-8-6-11-5-7-16-10-11/h11,16H,3-10H2,1-2H3,(H,17,20)(H,18,22). The topological polar surface area (TPSA) is 90.5 Å². The number of rotatable bonds is 7. The van der Waals surface area contributed by atoms with Crippen LogP contribution in [0.2, 0.25) is 0 Å². The number of amides is 4. The van der Waals surface area contributed by atoms with Crippen LogP contribution in [-0.4, -0.2) is 54.5 Å². The molecule has 7 nitrogen and oxygen atoms in total. The second kappa shape index (κ2) is 7.09. The van der Waals surface area contributed by atoms with Gasteiger partial charge in [0.1, 0.15) is 5.54 Å². The van der Waals surface area contributed by atoms with Crippen LogP contribution in [0, 0.1) is 5.92 Å². The average Bonchev–Trinajstić information content (AvgIpc) is 3.01. The Balaban J connectivity index is 1.60. The largest absolute Gasteiger partial charge is 0.356 e. The fourth-order valence-electron chi connectivity index (χ4n) is 2.88. The molecule has 2 rings (SSSR count). The van der Waals surface area contributed by atoms with E-state index < -0.39 is 5.54 Å². The van der Waals surface area contributed by atoms with Crippen molar-refractivity contribution in [3.05, 3.63) is 0 Å². The lowest BCUT2D eigenvalue weighted by molar-refractivity contribution is -0.130. The molecule has 2 saturated heterocycles. The maximum Gasteiger partial charge on any atom is 0.325 e. The normalized spacial score (nSPS) is 23.7. The van der Waals surface area contributed by atoms with Gasteiger partial charge in [0.05, 0.1) is 0 Å². The number of hydrogen-bond acceptors (Lipinski definition) is 4. The molecule has 124 valence electrons. The molecular formula is C15H26N4O3. The van der Waals surface area contributed by atoms with Gasteiger partial charge in [-0.25, -0.2) is 4.79 Å². The van der Waals surface area contributed by atoms with Crippen molar-refractivity contribution in [2.45, 2.75) is 45.1 Å². The van der Waals surface area contributed by atoms with Crippen molar-refractivity contribution < 1.29 is 14.4 Å². The second-order valence-corrected chi connectivity index (χ2v) is 6.61. The van der Waals surface area contributed by atoms with Gasteiger partial charge in [0.2, 0.25) is 5.91 Å². The monoisotopic (exact) mass is 310 g/mol. The van der Waals surface area contributed by atoms with Gasteiger partial charge in [-0.2, -0.15) is 0 Å². The summed E-state index contributed by atoms with van der Waals surface area (Å²) in [6.45, 7) is 6.45. The first kappa shape index (κ1) is 16.7. The first-order valence-corrected chi connectivity index (χ1v) is 8.01. The zero-order valence-corrected chi connectivity index (χ0v) is 13.4. The van der Waals surface area contributed by atoms with E-state index in [1.807, 2.05) is 0 Å². The van der Waals surface area contributed by atoms with E-state index in [2.05, 4.69) is 16.0 Å². The van der Waals surface area contributed by atoms with E-state index in [0.717, 1.165) is 19.5 Å². The van der Waals surface area contributed by atoms with E-state index in [4.69, 9.17) is 0 Å². The van der Waals surface area contributed by atoms with E-state index in [1.54, 1.807) is 13.8 Å². The summed E-state index contributed by atoms with van der Waals surface area (Å²) in [7, 11) is 0. The summed E-state index contributed by atoms with van der Waals surface area (Å²) >= 11 is 0. The highest BCUT2D eigenvalue weighted by Gasteiger charge is 2.43. The molecule has 2 aliphatic rings. The summed E-state index contributed by atoms with van der Waals surface area (Å²) < 4.78 is 0. The molecule has 2 heterocycles. The molecule has 0 bridgehead atoms. The number of nitrogens with one attached hydrogen (secondary N) is 3. The average molecular weight is 310 g/mol. The minimum Gasteiger partial charge on any atom is -0.356 e. The van der Waals surface area contributed by atoms with Gasteiger partial charge < -0.3 is 16.0 Å². The second-order valence-electron chi connectivity index (χ2n) is 6.61. The molecule has 2 fully saturated rings. The number of imide groups is 1. The van der Waals surface area contributed by atoms with Gasteiger partial charge in [-0.1, -0.05) is 0 Å². The molecule has 4 amide bonds. The molecule has 0 aromatic heterocycles. The van der Waals surface area contributed by atoms with E-state index in [1.165, 1.54) is 11.3 Å². The number of carbonyl (C=O) groups is 3. The Hall–Kier alpha value is -1.63. The Morgan fingerprint density at radius 2 is 2.18 bits per heavy atom. The van der Waals surface area contributed by atoms with E-state index in [0.29, 0.717) is 25.3 Å². The van der Waals surface area contributed by atoms with Crippen LogP contribution in [0.3, 0.4) is 0 Å². The lowest BCUT2D eigenvalue weighted by Crippen LogP contribution is -2.40. The molecule has 0 aromatic rings.